The Morgan fingerprint density at radius 1 is 1.05 bits per heavy atom. The first-order valence-corrected chi connectivity index (χ1v) is 12.4. The number of rotatable bonds is 6. The van der Waals surface area contributed by atoms with Crippen molar-refractivity contribution in [3.63, 3.8) is 0 Å². The number of alkyl halides is 3. The number of aromatic nitrogens is 4. The number of carbonyl (C=O) groups excluding carboxylic acids is 1. The van der Waals surface area contributed by atoms with Crippen molar-refractivity contribution in [2.45, 2.75) is 24.4 Å². The number of benzene rings is 2. The van der Waals surface area contributed by atoms with Gasteiger partial charge in [0.2, 0.25) is 0 Å². The number of amides is 1. The number of carbonyl (C=O) groups is 1. The molecule has 0 atom stereocenters. The molecule has 0 unspecified atom stereocenters. The number of hydrogen-bond donors (Lipinski definition) is 2. The first kappa shape index (κ1) is 25.4. The molecule has 0 bridgehead atoms. The topological polar surface area (TPSA) is 107 Å². The minimum Gasteiger partial charge on any atom is -0.497 e. The Labute approximate surface area is 226 Å². The van der Waals surface area contributed by atoms with Gasteiger partial charge in [-0.2, -0.15) is 13.2 Å². The summed E-state index contributed by atoms with van der Waals surface area (Å²) in [7, 11) is 1.43. The number of nitrogens with zero attached hydrogens (tertiary/aromatic N) is 4. The maximum Gasteiger partial charge on any atom is 0.435 e. The molecule has 3 aromatic heterocycles. The van der Waals surface area contributed by atoms with Crippen molar-refractivity contribution in [1.82, 2.24) is 19.4 Å². The predicted molar refractivity (Wildman–Crippen MR) is 143 cm³/mol. The van der Waals surface area contributed by atoms with E-state index in [0.29, 0.717) is 28.5 Å². The van der Waals surface area contributed by atoms with Crippen LogP contribution < -0.4 is 15.8 Å². The van der Waals surface area contributed by atoms with Gasteiger partial charge in [0.15, 0.2) is 5.69 Å². The Balaban J connectivity index is 1.34. The fourth-order valence-corrected chi connectivity index (χ4v) is 4.83. The van der Waals surface area contributed by atoms with Gasteiger partial charge in [0.1, 0.15) is 22.9 Å². The molecule has 0 spiro atoms. The van der Waals surface area contributed by atoms with Gasteiger partial charge >= 0.3 is 6.18 Å². The highest BCUT2D eigenvalue weighted by atomic mass is 19.4. The average molecular weight is 545 g/mol. The molecule has 1 saturated carbocycles. The number of fused-ring (bicyclic) bond motifs is 1. The summed E-state index contributed by atoms with van der Waals surface area (Å²) in [6.07, 6.45) is -0.310. The highest BCUT2D eigenvalue weighted by Crippen LogP contribution is 2.52. The van der Waals surface area contributed by atoms with Crippen molar-refractivity contribution in [2.75, 3.05) is 18.2 Å². The summed E-state index contributed by atoms with van der Waals surface area (Å²) in [5, 5.41) is 2.80. The van der Waals surface area contributed by atoms with Gasteiger partial charge in [-0.3, -0.25) is 9.20 Å². The van der Waals surface area contributed by atoms with Gasteiger partial charge in [0.25, 0.3) is 5.91 Å². The summed E-state index contributed by atoms with van der Waals surface area (Å²) in [4.78, 5) is 25.7. The molecule has 2 aromatic carbocycles. The molecule has 40 heavy (non-hydrogen) atoms. The van der Waals surface area contributed by atoms with Gasteiger partial charge in [-0.25, -0.2) is 15.0 Å². The lowest BCUT2D eigenvalue weighted by Gasteiger charge is -2.16. The summed E-state index contributed by atoms with van der Waals surface area (Å²) >= 11 is 0. The summed E-state index contributed by atoms with van der Waals surface area (Å²) in [5.41, 5.74) is 6.65. The lowest BCUT2D eigenvalue weighted by Crippen LogP contribution is -2.16. The van der Waals surface area contributed by atoms with Crippen LogP contribution in [-0.4, -0.2) is 32.4 Å². The zero-order chi connectivity index (χ0) is 28.1. The molecule has 1 amide bonds. The van der Waals surface area contributed by atoms with E-state index in [-0.39, 0.29) is 22.9 Å². The van der Waals surface area contributed by atoms with Gasteiger partial charge in [0.05, 0.1) is 29.6 Å². The molecule has 6 rings (SSSR count). The van der Waals surface area contributed by atoms with E-state index in [4.69, 9.17) is 10.5 Å². The van der Waals surface area contributed by atoms with Crippen LogP contribution in [0, 0.1) is 0 Å². The number of imidazole rings is 1. The van der Waals surface area contributed by atoms with Crippen molar-refractivity contribution in [2.24, 2.45) is 0 Å². The molecule has 0 radical (unpaired) electrons. The van der Waals surface area contributed by atoms with Crippen molar-refractivity contribution in [3.8, 4) is 17.1 Å². The van der Waals surface area contributed by atoms with Gasteiger partial charge in [-0.05, 0) is 54.8 Å². The summed E-state index contributed by atoms with van der Waals surface area (Å²) in [6.45, 7) is 0. The molecule has 0 saturated heterocycles. The average Bonchev–Trinajstić information content (AvgIpc) is 3.67. The fourth-order valence-electron chi connectivity index (χ4n) is 4.83. The number of ether oxygens (including phenoxy) is 1. The minimum atomic E-state index is -4.70. The standard InChI is InChI=1S/C29H23F3N6O2/c1-40-19-11-15-38-23(16-19)37-25(29(30,31)32)24(38)22-10-14-34-27(36-22)28(12-13-28)18-8-6-17(7-9-18)26(39)35-21-5-3-2-4-20(21)33/h2-11,14-16H,12-13,33H2,1H3,(H,35,39). The van der Waals surface area contributed by atoms with E-state index in [1.54, 1.807) is 42.5 Å². The number of nitrogens with one attached hydrogen (secondary N) is 1. The largest absolute Gasteiger partial charge is 0.497 e. The van der Waals surface area contributed by atoms with E-state index >= 15 is 0 Å². The van der Waals surface area contributed by atoms with Crippen LogP contribution in [0.3, 0.4) is 0 Å². The Morgan fingerprint density at radius 3 is 2.48 bits per heavy atom. The maximum absolute atomic E-state index is 14.0. The molecule has 1 fully saturated rings. The van der Waals surface area contributed by atoms with Gasteiger partial charge < -0.3 is 15.8 Å². The second kappa shape index (κ2) is 9.37. The Kier molecular flexibility index (Phi) is 5.94. The van der Waals surface area contributed by atoms with Crippen LogP contribution in [0.5, 0.6) is 5.75 Å². The summed E-state index contributed by atoms with van der Waals surface area (Å²) in [5.74, 6) is 0.495. The number of nitrogen functional groups attached to an aromatic ring is 1. The third kappa shape index (κ3) is 4.39. The fraction of sp³-hybridized carbons (Fsp3) is 0.172. The number of para-hydroxylation sites is 2. The zero-order valence-corrected chi connectivity index (χ0v) is 21.2. The van der Waals surface area contributed by atoms with E-state index in [1.807, 2.05) is 12.1 Å². The van der Waals surface area contributed by atoms with Crippen molar-refractivity contribution in [3.05, 3.63) is 102 Å². The molecule has 3 heterocycles. The molecule has 5 aromatic rings. The van der Waals surface area contributed by atoms with Gasteiger partial charge in [-0.15, -0.1) is 0 Å². The van der Waals surface area contributed by atoms with E-state index in [0.717, 1.165) is 18.4 Å². The van der Waals surface area contributed by atoms with Crippen molar-refractivity contribution in [1.29, 1.82) is 0 Å². The summed E-state index contributed by atoms with van der Waals surface area (Å²) < 4.78 is 48.6. The predicted octanol–water partition coefficient (Wildman–Crippen LogP) is 5.73. The molecule has 202 valence electrons. The third-order valence-electron chi connectivity index (χ3n) is 7.09. The maximum atomic E-state index is 14.0. The van der Waals surface area contributed by atoms with Gasteiger partial charge in [0, 0.05) is 24.0 Å². The lowest BCUT2D eigenvalue weighted by molar-refractivity contribution is -0.140. The van der Waals surface area contributed by atoms with Crippen molar-refractivity contribution >= 4 is 22.9 Å². The molecular weight excluding hydrogens is 521 g/mol. The lowest BCUT2D eigenvalue weighted by atomic mass is 9.93. The van der Waals surface area contributed by atoms with Crippen LogP contribution in [0.4, 0.5) is 24.5 Å². The van der Waals surface area contributed by atoms with E-state index in [9.17, 15) is 18.0 Å². The smallest absolute Gasteiger partial charge is 0.435 e. The summed E-state index contributed by atoms with van der Waals surface area (Å²) in [6, 6.07) is 18.5. The molecule has 1 aliphatic carbocycles. The van der Waals surface area contributed by atoms with Crippen LogP contribution in [-0.2, 0) is 11.6 Å². The first-order valence-electron chi connectivity index (χ1n) is 12.4. The molecular formula is C29H23F3N6O2. The number of nitrogens with two attached hydrogens (primary N) is 1. The SMILES string of the molecule is COc1ccn2c(-c3ccnc(C4(c5ccc(C(=O)Nc6ccccc6N)cc5)CC4)n3)c(C(F)(F)F)nc2c1. The van der Waals surface area contributed by atoms with Crippen LogP contribution in [0.1, 0.15) is 40.3 Å². The number of hydrogen-bond acceptors (Lipinski definition) is 6. The third-order valence-corrected chi connectivity index (χ3v) is 7.09. The highest BCUT2D eigenvalue weighted by Gasteiger charge is 2.49. The monoisotopic (exact) mass is 544 g/mol. The van der Waals surface area contributed by atoms with Crippen LogP contribution >= 0.6 is 0 Å². The molecule has 3 N–H and O–H groups in total. The van der Waals surface area contributed by atoms with E-state index in [2.05, 4.69) is 20.3 Å². The second-order valence-electron chi connectivity index (χ2n) is 9.57. The quantitative estimate of drug-likeness (QED) is 0.264. The zero-order valence-electron chi connectivity index (χ0n) is 21.2. The van der Waals surface area contributed by atoms with Crippen LogP contribution in [0.25, 0.3) is 17.0 Å². The van der Waals surface area contributed by atoms with Crippen LogP contribution in [0.2, 0.25) is 0 Å². The van der Waals surface area contributed by atoms with Crippen LogP contribution in [0.15, 0.2) is 79.1 Å². The molecule has 11 heteroatoms. The number of pyridine rings is 1. The number of anilines is 2. The Morgan fingerprint density at radius 2 is 1.80 bits per heavy atom. The van der Waals surface area contributed by atoms with E-state index < -0.39 is 17.3 Å². The molecule has 1 aliphatic rings. The second-order valence-corrected chi connectivity index (χ2v) is 9.57. The number of halogens is 3. The number of methoxy groups -OCH3 is 1. The van der Waals surface area contributed by atoms with Gasteiger partial charge in [-0.1, -0.05) is 24.3 Å². The normalized spacial score (nSPS) is 14.2. The highest BCUT2D eigenvalue weighted by molar-refractivity contribution is 6.05. The Bertz CT molecular complexity index is 1740. The van der Waals surface area contributed by atoms with E-state index in [1.165, 1.54) is 36.0 Å². The minimum absolute atomic E-state index is 0.0918. The molecule has 0 aliphatic heterocycles. The Hall–Kier alpha value is -4.93. The molecule has 8 nitrogen and oxygen atoms in total. The first-order chi connectivity index (χ1) is 19.2. The van der Waals surface area contributed by atoms with Crippen molar-refractivity contribution < 1.29 is 22.7 Å².